The molecule has 0 atom stereocenters. The molecule has 1 aliphatic carbocycles. The van der Waals surface area contributed by atoms with Crippen LogP contribution in [0, 0.1) is 0 Å². The molecule has 0 spiro atoms. The fourth-order valence-corrected chi connectivity index (χ4v) is 2.65. The molecule has 0 unspecified atom stereocenters. The maximum absolute atomic E-state index is 11.7. The van der Waals surface area contributed by atoms with E-state index in [2.05, 4.69) is 4.72 Å². The first-order valence-corrected chi connectivity index (χ1v) is 6.81. The Morgan fingerprint density at radius 1 is 1.47 bits per heavy atom. The van der Waals surface area contributed by atoms with Gasteiger partial charge < -0.3 is 5.11 Å². The van der Waals surface area contributed by atoms with Crippen molar-refractivity contribution in [2.45, 2.75) is 44.8 Å². The van der Waals surface area contributed by atoms with Crippen molar-refractivity contribution in [1.82, 2.24) is 9.03 Å². The summed E-state index contributed by atoms with van der Waals surface area (Å²) in [4.78, 5) is 0. The van der Waals surface area contributed by atoms with Gasteiger partial charge in [0, 0.05) is 19.6 Å². The van der Waals surface area contributed by atoms with Crippen molar-refractivity contribution in [2.75, 3.05) is 13.6 Å². The van der Waals surface area contributed by atoms with Crippen LogP contribution in [0.15, 0.2) is 0 Å². The Bertz CT molecular complexity index is 286. The van der Waals surface area contributed by atoms with Gasteiger partial charge in [0.1, 0.15) is 0 Å². The van der Waals surface area contributed by atoms with Crippen LogP contribution in [0.3, 0.4) is 0 Å². The molecular formula is C9H20N2O3S. The minimum atomic E-state index is -3.34. The molecule has 1 aliphatic rings. The Hall–Kier alpha value is -0.170. The standard InChI is InChI=1S/C9H20N2O3S/c1-3-4-5-11(2)15(13,14)10-8-6-9(12)7-8/h8-10,12H,3-7H2,1-2H3. The fourth-order valence-electron chi connectivity index (χ4n) is 1.49. The van der Waals surface area contributed by atoms with E-state index in [-0.39, 0.29) is 12.1 Å². The zero-order valence-corrected chi connectivity index (χ0v) is 10.1. The van der Waals surface area contributed by atoms with Crippen LogP contribution in [0.1, 0.15) is 32.6 Å². The molecule has 0 aromatic carbocycles. The van der Waals surface area contributed by atoms with Crippen molar-refractivity contribution in [1.29, 1.82) is 0 Å². The summed E-state index contributed by atoms with van der Waals surface area (Å²) in [5.41, 5.74) is 0. The Morgan fingerprint density at radius 2 is 2.07 bits per heavy atom. The summed E-state index contributed by atoms with van der Waals surface area (Å²) in [5.74, 6) is 0. The number of hydrogen-bond acceptors (Lipinski definition) is 3. The lowest BCUT2D eigenvalue weighted by molar-refractivity contribution is 0.0706. The summed E-state index contributed by atoms with van der Waals surface area (Å²) >= 11 is 0. The van der Waals surface area contributed by atoms with Gasteiger partial charge in [0.15, 0.2) is 0 Å². The highest BCUT2D eigenvalue weighted by Gasteiger charge is 2.31. The first-order chi connectivity index (χ1) is 6.95. The lowest BCUT2D eigenvalue weighted by Crippen LogP contribution is -2.50. The number of nitrogens with zero attached hydrogens (tertiary/aromatic N) is 1. The molecule has 1 saturated carbocycles. The normalized spacial score (nSPS) is 26.7. The summed E-state index contributed by atoms with van der Waals surface area (Å²) < 4.78 is 27.3. The molecule has 0 heterocycles. The summed E-state index contributed by atoms with van der Waals surface area (Å²) in [6.45, 7) is 2.57. The molecule has 90 valence electrons. The van der Waals surface area contributed by atoms with Crippen molar-refractivity contribution < 1.29 is 13.5 Å². The third-order valence-electron chi connectivity index (χ3n) is 2.67. The van der Waals surface area contributed by atoms with Crippen LogP contribution in [0.5, 0.6) is 0 Å². The lowest BCUT2D eigenvalue weighted by atomic mass is 9.91. The first kappa shape index (κ1) is 12.9. The quantitative estimate of drug-likeness (QED) is 0.686. The fraction of sp³-hybridized carbons (Fsp3) is 1.00. The number of hydrogen-bond donors (Lipinski definition) is 2. The van der Waals surface area contributed by atoms with Crippen LogP contribution in [0.2, 0.25) is 0 Å². The number of rotatable bonds is 6. The molecule has 15 heavy (non-hydrogen) atoms. The molecule has 0 amide bonds. The van der Waals surface area contributed by atoms with Gasteiger partial charge in [-0.25, -0.2) is 0 Å². The van der Waals surface area contributed by atoms with Gasteiger partial charge in [-0.3, -0.25) is 0 Å². The Balaban J connectivity index is 2.37. The second-order valence-electron chi connectivity index (χ2n) is 4.12. The highest BCUT2D eigenvalue weighted by Crippen LogP contribution is 2.20. The zero-order chi connectivity index (χ0) is 11.5. The SMILES string of the molecule is CCCCN(C)S(=O)(=O)NC1CC(O)C1. The monoisotopic (exact) mass is 236 g/mol. The van der Waals surface area contributed by atoms with Crippen LogP contribution in [-0.2, 0) is 10.2 Å². The largest absolute Gasteiger partial charge is 0.393 e. The van der Waals surface area contributed by atoms with E-state index in [1.165, 1.54) is 4.31 Å². The van der Waals surface area contributed by atoms with Crippen molar-refractivity contribution in [2.24, 2.45) is 0 Å². The molecule has 5 nitrogen and oxygen atoms in total. The molecule has 0 bridgehead atoms. The van der Waals surface area contributed by atoms with E-state index in [0.29, 0.717) is 19.4 Å². The lowest BCUT2D eigenvalue weighted by Gasteiger charge is -2.33. The van der Waals surface area contributed by atoms with E-state index >= 15 is 0 Å². The van der Waals surface area contributed by atoms with Crippen molar-refractivity contribution in [3.8, 4) is 0 Å². The topological polar surface area (TPSA) is 69.6 Å². The molecule has 0 aromatic heterocycles. The summed E-state index contributed by atoms with van der Waals surface area (Å²) in [7, 11) is -1.77. The minimum absolute atomic E-state index is 0.0888. The number of unbranched alkanes of at least 4 members (excludes halogenated alkanes) is 1. The third kappa shape index (κ3) is 3.71. The molecule has 6 heteroatoms. The Kier molecular flexibility index (Phi) is 4.51. The second-order valence-corrected chi connectivity index (χ2v) is 5.93. The van der Waals surface area contributed by atoms with E-state index in [1.54, 1.807) is 7.05 Å². The van der Waals surface area contributed by atoms with E-state index in [9.17, 15) is 8.42 Å². The van der Waals surface area contributed by atoms with E-state index in [4.69, 9.17) is 5.11 Å². The highest BCUT2D eigenvalue weighted by molar-refractivity contribution is 7.87. The van der Waals surface area contributed by atoms with Gasteiger partial charge in [0.2, 0.25) is 0 Å². The van der Waals surface area contributed by atoms with Gasteiger partial charge in [-0.15, -0.1) is 0 Å². The zero-order valence-electron chi connectivity index (χ0n) is 9.31. The average molecular weight is 236 g/mol. The summed E-state index contributed by atoms with van der Waals surface area (Å²) in [5, 5.41) is 9.05. The van der Waals surface area contributed by atoms with Gasteiger partial charge >= 0.3 is 0 Å². The summed E-state index contributed by atoms with van der Waals surface area (Å²) in [6, 6.07) is -0.0888. The van der Waals surface area contributed by atoms with Crippen LogP contribution < -0.4 is 4.72 Å². The van der Waals surface area contributed by atoms with Gasteiger partial charge in [-0.2, -0.15) is 17.4 Å². The van der Waals surface area contributed by atoms with Crippen molar-refractivity contribution >= 4 is 10.2 Å². The third-order valence-corrected chi connectivity index (χ3v) is 4.30. The smallest absolute Gasteiger partial charge is 0.279 e. The predicted molar refractivity (Wildman–Crippen MR) is 58.6 cm³/mol. The van der Waals surface area contributed by atoms with Gasteiger partial charge in [0.25, 0.3) is 10.2 Å². The van der Waals surface area contributed by atoms with Crippen LogP contribution in [0.4, 0.5) is 0 Å². The second kappa shape index (κ2) is 5.25. The molecule has 0 aliphatic heterocycles. The van der Waals surface area contributed by atoms with Crippen LogP contribution in [-0.4, -0.2) is 43.6 Å². The van der Waals surface area contributed by atoms with Crippen LogP contribution >= 0.6 is 0 Å². The van der Waals surface area contributed by atoms with Crippen molar-refractivity contribution in [3.63, 3.8) is 0 Å². The molecule has 0 aromatic rings. The molecule has 1 fully saturated rings. The Morgan fingerprint density at radius 3 is 2.53 bits per heavy atom. The molecular weight excluding hydrogens is 216 g/mol. The molecule has 0 saturated heterocycles. The predicted octanol–water partition coefficient (Wildman–Crippen LogP) is 0.0760. The highest BCUT2D eigenvalue weighted by atomic mass is 32.2. The minimum Gasteiger partial charge on any atom is -0.393 e. The Labute approximate surface area is 91.7 Å². The van der Waals surface area contributed by atoms with E-state index in [0.717, 1.165) is 12.8 Å². The maximum atomic E-state index is 11.7. The number of nitrogens with one attached hydrogen (secondary N) is 1. The van der Waals surface area contributed by atoms with Gasteiger partial charge in [-0.1, -0.05) is 13.3 Å². The number of aliphatic hydroxyl groups excluding tert-OH is 1. The first-order valence-electron chi connectivity index (χ1n) is 5.37. The molecule has 2 N–H and O–H groups in total. The average Bonchev–Trinajstić information content (AvgIpc) is 2.11. The molecule has 1 rings (SSSR count). The van der Waals surface area contributed by atoms with E-state index in [1.807, 2.05) is 6.92 Å². The van der Waals surface area contributed by atoms with Crippen molar-refractivity contribution in [3.05, 3.63) is 0 Å². The van der Waals surface area contributed by atoms with Gasteiger partial charge in [-0.05, 0) is 19.3 Å². The van der Waals surface area contributed by atoms with Gasteiger partial charge in [0.05, 0.1) is 6.10 Å². The van der Waals surface area contributed by atoms with E-state index < -0.39 is 10.2 Å². The van der Waals surface area contributed by atoms with Crippen LogP contribution in [0.25, 0.3) is 0 Å². The molecule has 0 radical (unpaired) electrons. The number of aliphatic hydroxyl groups is 1. The maximum Gasteiger partial charge on any atom is 0.279 e. The summed E-state index contributed by atoms with van der Waals surface area (Å²) in [6.07, 6.45) is 2.56.